The van der Waals surface area contributed by atoms with E-state index in [1.165, 1.54) is 0 Å². The van der Waals surface area contributed by atoms with Crippen molar-refractivity contribution in [2.75, 3.05) is 26.7 Å². The van der Waals surface area contributed by atoms with E-state index in [2.05, 4.69) is 26.6 Å². The summed E-state index contributed by atoms with van der Waals surface area (Å²) in [5.41, 5.74) is 17.1. The molecule has 3 aliphatic rings. The van der Waals surface area contributed by atoms with Crippen LogP contribution in [0.2, 0.25) is 0 Å². The molecule has 0 aromatic carbocycles. The largest absolute Gasteiger partial charge is 0.465 e. The summed E-state index contributed by atoms with van der Waals surface area (Å²) in [6.45, 7) is 4.25. The summed E-state index contributed by atoms with van der Waals surface area (Å²) in [4.78, 5) is 0. The van der Waals surface area contributed by atoms with Gasteiger partial charge in [-0.25, -0.2) is 0 Å². The van der Waals surface area contributed by atoms with Gasteiger partial charge in [-0.1, -0.05) is 22.9 Å². The quantitative estimate of drug-likeness (QED) is 0.157. The van der Waals surface area contributed by atoms with Crippen LogP contribution in [-0.2, 0) is 18.9 Å². The molecule has 0 amide bonds. The Morgan fingerprint density at radius 3 is 2.44 bits per heavy atom. The van der Waals surface area contributed by atoms with Crippen LogP contribution in [0, 0.1) is 0 Å². The van der Waals surface area contributed by atoms with Crippen molar-refractivity contribution >= 4 is 15.9 Å². The average Bonchev–Trinajstić information content (AvgIpc) is 2.76. The predicted octanol–water partition coefficient (Wildman–Crippen LogP) is -2.48. The highest BCUT2D eigenvalue weighted by Crippen LogP contribution is 2.33. The molecule has 198 valence electrons. The number of rotatable bonds is 8. The van der Waals surface area contributed by atoms with Crippen LogP contribution in [0.5, 0.6) is 0 Å². The van der Waals surface area contributed by atoms with Crippen LogP contribution in [0.15, 0.2) is 10.2 Å². The van der Waals surface area contributed by atoms with Crippen LogP contribution >= 0.6 is 15.9 Å². The van der Waals surface area contributed by atoms with E-state index in [-0.39, 0.29) is 19.2 Å². The lowest BCUT2D eigenvalue weighted by Crippen LogP contribution is -2.69. The second-order valence-corrected chi connectivity index (χ2v) is 10.4. The Balaban J connectivity index is 1.76. The van der Waals surface area contributed by atoms with Crippen molar-refractivity contribution in [2.24, 2.45) is 17.2 Å². The van der Waals surface area contributed by atoms with E-state index in [1.807, 2.05) is 6.92 Å². The lowest BCUT2D eigenvalue weighted by molar-refractivity contribution is -0.304. The van der Waals surface area contributed by atoms with Gasteiger partial charge in [-0.15, -0.1) is 0 Å². The van der Waals surface area contributed by atoms with Crippen LogP contribution < -0.4 is 27.8 Å². The number of halogens is 1. The van der Waals surface area contributed by atoms with Crippen LogP contribution in [0.4, 0.5) is 0 Å². The minimum absolute atomic E-state index is 0.0534. The lowest BCUT2D eigenvalue weighted by atomic mass is 9.83. The molecule has 1 saturated carbocycles. The van der Waals surface area contributed by atoms with E-state index < -0.39 is 60.7 Å². The van der Waals surface area contributed by atoms with Gasteiger partial charge in [0.25, 0.3) is 0 Å². The fourth-order valence-electron chi connectivity index (χ4n) is 4.93. The normalized spacial score (nSPS) is 45.8. The topological polar surface area (TPSA) is 200 Å². The third kappa shape index (κ3) is 5.93. The number of nitrogens with one attached hydrogen (secondary N) is 2. The molecule has 0 aromatic rings. The van der Waals surface area contributed by atoms with E-state index in [4.69, 9.17) is 36.1 Å². The van der Waals surface area contributed by atoms with E-state index in [0.29, 0.717) is 25.1 Å². The molecule has 0 bridgehead atoms. The molecule has 34 heavy (non-hydrogen) atoms. The lowest BCUT2D eigenvalue weighted by Gasteiger charge is -2.49. The standard InChI is InChI=1S/C21H40BrN5O7/c1-4-27-12-6-10(24)16(33-19-11(25)5-9(22)13(7-23)32-19)14(28)17(12)34-20-15(29)18(26-3)21(2,30)8-31-20/h10-12,14-20,26-30H,4-8,23-25H2,1-3H3/t10-,11+,12+,14-,15+,16+,17-,18+,19+,20+,21-/m0/s1. The van der Waals surface area contributed by atoms with Crippen LogP contribution in [-0.4, -0.2) is 109 Å². The minimum atomic E-state index is -1.29. The summed E-state index contributed by atoms with van der Waals surface area (Å²) in [7, 11) is 1.64. The molecule has 0 spiro atoms. The second kappa shape index (κ2) is 11.8. The zero-order valence-corrected chi connectivity index (χ0v) is 21.5. The van der Waals surface area contributed by atoms with Crippen molar-refractivity contribution in [3.8, 4) is 0 Å². The number of hydrogen-bond donors (Lipinski definition) is 8. The third-order valence-electron chi connectivity index (χ3n) is 6.72. The van der Waals surface area contributed by atoms with Crippen molar-refractivity contribution in [1.29, 1.82) is 0 Å². The molecule has 2 aliphatic heterocycles. The molecule has 1 saturated heterocycles. The summed E-state index contributed by atoms with van der Waals surface area (Å²) >= 11 is 3.42. The number of likely N-dealkylation sites (N-methyl/N-ethyl adjacent to an activating group) is 2. The molecule has 2 heterocycles. The highest BCUT2D eigenvalue weighted by Gasteiger charge is 2.51. The van der Waals surface area contributed by atoms with Gasteiger partial charge in [-0.05, 0) is 26.9 Å². The number of ether oxygens (including phenoxy) is 4. The van der Waals surface area contributed by atoms with Crippen molar-refractivity contribution in [1.82, 2.24) is 10.6 Å². The minimum Gasteiger partial charge on any atom is -0.465 e. The summed E-state index contributed by atoms with van der Waals surface area (Å²) in [6.07, 6.45) is -5.04. The molecule has 11 atom stereocenters. The molecule has 0 unspecified atom stereocenters. The van der Waals surface area contributed by atoms with Gasteiger partial charge in [0.2, 0.25) is 6.29 Å². The molecular formula is C21H40BrN5O7. The first-order valence-corrected chi connectivity index (χ1v) is 12.5. The molecule has 12 nitrogen and oxygen atoms in total. The van der Waals surface area contributed by atoms with Crippen LogP contribution in [0.3, 0.4) is 0 Å². The van der Waals surface area contributed by atoms with Gasteiger partial charge in [0.05, 0.1) is 25.2 Å². The second-order valence-electron chi connectivity index (χ2n) is 9.44. The molecule has 2 fully saturated rings. The summed E-state index contributed by atoms with van der Waals surface area (Å²) < 4.78 is 24.5. The van der Waals surface area contributed by atoms with Gasteiger partial charge < -0.3 is 62.1 Å². The number of hydrogen-bond acceptors (Lipinski definition) is 12. The first-order chi connectivity index (χ1) is 16.0. The maximum Gasteiger partial charge on any atom is 0.215 e. The number of nitrogens with two attached hydrogens (primary N) is 3. The Hall–Kier alpha value is -0.420. The molecule has 13 heteroatoms. The van der Waals surface area contributed by atoms with Gasteiger partial charge in [0, 0.05) is 23.0 Å². The smallest absolute Gasteiger partial charge is 0.215 e. The third-order valence-corrected chi connectivity index (χ3v) is 7.48. The Morgan fingerprint density at radius 2 is 1.82 bits per heavy atom. The zero-order chi connectivity index (χ0) is 25.2. The Labute approximate surface area is 208 Å². The number of aliphatic hydroxyl groups is 3. The molecule has 0 aromatic heterocycles. The maximum absolute atomic E-state index is 11.3. The van der Waals surface area contributed by atoms with Crippen molar-refractivity contribution in [3.05, 3.63) is 10.2 Å². The molecule has 1 aliphatic carbocycles. The van der Waals surface area contributed by atoms with E-state index in [1.54, 1.807) is 14.0 Å². The average molecular weight is 554 g/mol. The fraction of sp³-hybridized carbons (Fsp3) is 0.905. The van der Waals surface area contributed by atoms with Gasteiger partial charge >= 0.3 is 0 Å². The van der Waals surface area contributed by atoms with Gasteiger partial charge in [0.1, 0.15) is 35.8 Å². The fourth-order valence-corrected chi connectivity index (χ4v) is 5.56. The van der Waals surface area contributed by atoms with Gasteiger partial charge in [-0.3, -0.25) is 0 Å². The van der Waals surface area contributed by atoms with E-state index in [9.17, 15) is 15.3 Å². The molecular weight excluding hydrogens is 514 g/mol. The predicted molar refractivity (Wildman–Crippen MR) is 128 cm³/mol. The van der Waals surface area contributed by atoms with E-state index in [0.717, 1.165) is 4.48 Å². The summed E-state index contributed by atoms with van der Waals surface area (Å²) in [6, 6.07) is -2.03. The first kappa shape index (κ1) is 28.2. The maximum atomic E-state index is 11.3. The van der Waals surface area contributed by atoms with Gasteiger partial charge in [-0.2, -0.15) is 0 Å². The number of aliphatic hydroxyl groups excluding tert-OH is 2. The monoisotopic (exact) mass is 553 g/mol. The zero-order valence-electron chi connectivity index (χ0n) is 19.9. The van der Waals surface area contributed by atoms with Crippen molar-refractivity contribution in [2.45, 2.75) is 93.5 Å². The van der Waals surface area contributed by atoms with E-state index >= 15 is 0 Å². The highest BCUT2D eigenvalue weighted by molar-refractivity contribution is 9.11. The Kier molecular flexibility index (Phi) is 9.73. The molecule has 3 rings (SSSR count). The van der Waals surface area contributed by atoms with Crippen LogP contribution in [0.1, 0.15) is 26.7 Å². The molecule has 11 N–H and O–H groups in total. The Morgan fingerprint density at radius 1 is 1.15 bits per heavy atom. The Bertz CT molecular complexity index is 717. The molecule has 0 radical (unpaired) electrons. The van der Waals surface area contributed by atoms with Crippen LogP contribution in [0.25, 0.3) is 0 Å². The highest BCUT2D eigenvalue weighted by atomic mass is 79.9. The summed E-state index contributed by atoms with van der Waals surface area (Å²) in [5, 5.41) is 38.8. The SMILES string of the molecule is CCN[C@@H]1C[C@H](N)[C@@H](O[C@H]2OC(CN)=C(Br)C[C@H]2N)[C@H](O)[C@H]1O[C@H]1OC[C@](C)(O)[C@H](NC)[C@H]1O. The van der Waals surface area contributed by atoms with Crippen molar-refractivity contribution in [3.63, 3.8) is 0 Å². The van der Waals surface area contributed by atoms with Crippen molar-refractivity contribution < 1.29 is 34.3 Å². The summed E-state index contributed by atoms with van der Waals surface area (Å²) in [5.74, 6) is 0.535. The first-order valence-electron chi connectivity index (χ1n) is 11.7. The van der Waals surface area contributed by atoms with Gasteiger partial charge in [0.15, 0.2) is 6.29 Å².